The fraction of sp³-hybridized carbons (Fsp3) is 0.286. The molecule has 0 bridgehead atoms. The largest absolute Gasteiger partial charge is 0.480 e. The van der Waals surface area contributed by atoms with E-state index >= 15 is 0 Å². The molecule has 3 rings (SSSR count). The Hall–Kier alpha value is -2.53. The first kappa shape index (κ1) is 20.8. The van der Waals surface area contributed by atoms with Gasteiger partial charge in [-0.05, 0) is 12.1 Å². The molecule has 0 spiro atoms. The number of hydrogen-bond acceptors (Lipinski definition) is 5. The van der Waals surface area contributed by atoms with Gasteiger partial charge in [0.15, 0.2) is 12.4 Å². The standard InChI is InChI=1S/C10H6ClF3N2O3.C4H4ClNO2/c11-5-1-4(15-9(18)10(12,13)14)2-6-8(5)19-3-7(17)16-6;5-6-3(7)1-2-4(6)8/h1-2H,3H2,(H,15,18)(H,16,17);1-2H2. The first-order valence-electron chi connectivity index (χ1n) is 7.15. The molecule has 8 nitrogen and oxygen atoms in total. The highest BCUT2D eigenvalue weighted by Gasteiger charge is 2.39. The van der Waals surface area contributed by atoms with Crippen LogP contribution < -0.4 is 15.4 Å². The fourth-order valence-corrected chi connectivity index (χ4v) is 2.42. The second-order valence-electron chi connectivity index (χ2n) is 5.19. The monoisotopic (exact) mass is 427 g/mol. The molecule has 2 N–H and O–H groups in total. The molecule has 4 amide bonds. The van der Waals surface area contributed by atoms with E-state index in [9.17, 15) is 32.3 Å². The van der Waals surface area contributed by atoms with Gasteiger partial charge in [-0.15, -0.1) is 0 Å². The number of halogens is 5. The van der Waals surface area contributed by atoms with Crippen molar-refractivity contribution in [3.05, 3.63) is 17.2 Å². The quantitative estimate of drug-likeness (QED) is 0.529. The third-order valence-electron chi connectivity index (χ3n) is 3.17. The summed E-state index contributed by atoms with van der Waals surface area (Å²) in [5.74, 6) is -3.05. The van der Waals surface area contributed by atoms with Gasteiger partial charge in [0.05, 0.1) is 10.7 Å². The Morgan fingerprint density at radius 1 is 1.19 bits per heavy atom. The van der Waals surface area contributed by atoms with Crippen molar-refractivity contribution in [2.24, 2.45) is 0 Å². The van der Waals surface area contributed by atoms with Crippen molar-refractivity contribution in [2.75, 3.05) is 17.2 Å². The van der Waals surface area contributed by atoms with Crippen LogP contribution in [0.4, 0.5) is 24.5 Å². The summed E-state index contributed by atoms with van der Waals surface area (Å²) in [5.41, 5.74) is -0.0990. The Balaban J connectivity index is 0.000000273. The lowest BCUT2D eigenvalue weighted by molar-refractivity contribution is -0.167. The van der Waals surface area contributed by atoms with Gasteiger partial charge in [0.25, 0.3) is 5.91 Å². The number of nitrogens with zero attached hydrogens (tertiary/aromatic N) is 1. The molecule has 1 saturated heterocycles. The first-order valence-corrected chi connectivity index (χ1v) is 7.86. The van der Waals surface area contributed by atoms with E-state index in [1.54, 1.807) is 5.32 Å². The minimum absolute atomic E-state index is 0.0185. The number of imide groups is 1. The number of carbonyl (C=O) groups excluding carboxylic acids is 4. The Labute approximate surface area is 159 Å². The van der Waals surface area contributed by atoms with E-state index in [2.05, 4.69) is 5.32 Å². The molecule has 0 unspecified atom stereocenters. The van der Waals surface area contributed by atoms with Crippen molar-refractivity contribution in [3.63, 3.8) is 0 Å². The van der Waals surface area contributed by atoms with Crippen LogP contribution in [0.5, 0.6) is 5.75 Å². The minimum atomic E-state index is -5.01. The van der Waals surface area contributed by atoms with Crippen LogP contribution in [0.2, 0.25) is 5.02 Å². The number of alkyl halides is 3. The number of ether oxygens (including phenoxy) is 1. The Bertz CT molecular complexity index is 800. The van der Waals surface area contributed by atoms with E-state index in [1.807, 2.05) is 0 Å². The summed E-state index contributed by atoms with van der Waals surface area (Å²) in [6.45, 7) is -0.235. The maximum atomic E-state index is 12.1. The molecule has 27 heavy (non-hydrogen) atoms. The van der Waals surface area contributed by atoms with Crippen LogP contribution in [0.1, 0.15) is 12.8 Å². The van der Waals surface area contributed by atoms with E-state index in [0.717, 1.165) is 12.1 Å². The number of carbonyl (C=O) groups is 4. The summed E-state index contributed by atoms with van der Waals surface area (Å²) in [6.07, 6.45) is -4.48. The number of rotatable bonds is 1. The van der Waals surface area contributed by atoms with Crippen LogP contribution in [0.3, 0.4) is 0 Å². The zero-order valence-electron chi connectivity index (χ0n) is 13.2. The predicted molar refractivity (Wildman–Crippen MR) is 87.2 cm³/mol. The van der Waals surface area contributed by atoms with Crippen molar-refractivity contribution in [1.29, 1.82) is 0 Å². The molecule has 1 aromatic carbocycles. The van der Waals surface area contributed by atoms with Gasteiger partial charge in [0, 0.05) is 30.3 Å². The van der Waals surface area contributed by atoms with Crippen molar-refractivity contribution in [2.45, 2.75) is 19.0 Å². The van der Waals surface area contributed by atoms with E-state index < -0.39 is 18.0 Å². The van der Waals surface area contributed by atoms with Gasteiger partial charge in [-0.2, -0.15) is 17.6 Å². The number of anilines is 2. The second kappa shape index (κ2) is 8.01. The van der Waals surface area contributed by atoms with Gasteiger partial charge in [-0.25, -0.2) is 0 Å². The second-order valence-corrected chi connectivity index (χ2v) is 5.94. The molecule has 2 aliphatic heterocycles. The number of fused-ring (bicyclic) bond motifs is 1. The molecule has 0 aliphatic carbocycles. The number of hydrogen-bond donors (Lipinski definition) is 2. The van der Waals surface area contributed by atoms with Gasteiger partial charge in [0.2, 0.25) is 11.8 Å². The summed E-state index contributed by atoms with van der Waals surface area (Å²) in [4.78, 5) is 42.6. The highest BCUT2D eigenvalue weighted by Crippen LogP contribution is 2.38. The van der Waals surface area contributed by atoms with E-state index in [1.165, 1.54) is 0 Å². The lowest BCUT2D eigenvalue weighted by Gasteiger charge is -2.20. The Morgan fingerprint density at radius 3 is 2.26 bits per heavy atom. The SMILES string of the molecule is O=C1CCC(=O)N1Cl.O=C1COc2c(Cl)cc(NC(=O)C(F)(F)F)cc2N1. The minimum Gasteiger partial charge on any atom is -0.480 e. The smallest absolute Gasteiger partial charge is 0.471 e. The molecular formula is C14H10Cl2F3N3O5. The molecule has 1 aromatic rings. The van der Waals surface area contributed by atoms with Gasteiger partial charge < -0.3 is 15.4 Å². The highest BCUT2D eigenvalue weighted by atomic mass is 35.5. The van der Waals surface area contributed by atoms with Crippen LogP contribution in [0.15, 0.2) is 12.1 Å². The third-order valence-corrected chi connectivity index (χ3v) is 3.83. The van der Waals surface area contributed by atoms with E-state index in [0.29, 0.717) is 4.42 Å². The molecule has 0 radical (unpaired) electrons. The molecule has 1 fully saturated rings. The maximum Gasteiger partial charge on any atom is 0.471 e. The normalized spacial score (nSPS) is 16.0. The lowest BCUT2D eigenvalue weighted by Crippen LogP contribution is -2.30. The number of nitrogens with one attached hydrogen (secondary N) is 2. The molecular weight excluding hydrogens is 418 g/mol. The van der Waals surface area contributed by atoms with Crippen LogP contribution in [0, 0.1) is 0 Å². The zero-order valence-corrected chi connectivity index (χ0v) is 14.7. The molecule has 2 heterocycles. The Morgan fingerprint density at radius 2 is 1.78 bits per heavy atom. The molecule has 146 valence electrons. The number of amides is 4. The third kappa shape index (κ3) is 5.23. The van der Waals surface area contributed by atoms with Gasteiger partial charge in [-0.3, -0.25) is 19.2 Å². The van der Waals surface area contributed by atoms with Crippen LogP contribution in [0.25, 0.3) is 0 Å². The van der Waals surface area contributed by atoms with Crippen LogP contribution in [-0.4, -0.2) is 40.8 Å². The first-order chi connectivity index (χ1) is 12.5. The fourth-order valence-electron chi connectivity index (χ4n) is 1.98. The predicted octanol–water partition coefficient (Wildman–Crippen LogP) is 2.46. The number of benzene rings is 1. The average Bonchev–Trinajstić information content (AvgIpc) is 2.85. The Kier molecular flexibility index (Phi) is 6.16. The van der Waals surface area contributed by atoms with Gasteiger partial charge in [-0.1, -0.05) is 11.6 Å². The highest BCUT2D eigenvalue weighted by molar-refractivity contribution is 6.33. The van der Waals surface area contributed by atoms with E-state index in [4.69, 9.17) is 28.1 Å². The van der Waals surface area contributed by atoms with Crippen molar-refractivity contribution >= 4 is 58.4 Å². The average molecular weight is 428 g/mol. The summed E-state index contributed by atoms with van der Waals surface area (Å²) >= 11 is 10.9. The van der Waals surface area contributed by atoms with Gasteiger partial charge >= 0.3 is 12.1 Å². The van der Waals surface area contributed by atoms with Crippen molar-refractivity contribution in [1.82, 2.24) is 4.42 Å². The maximum absolute atomic E-state index is 12.1. The lowest BCUT2D eigenvalue weighted by atomic mass is 10.2. The summed E-state index contributed by atoms with van der Waals surface area (Å²) in [5, 5.41) is 3.99. The van der Waals surface area contributed by atoms with Crippen LogP contribution in [-0.2, 0) is 19.2 Å². The van der Waals surface area contributed by atoms with Crippen molar-refractivity contribution in [3.8, 4) is 5.75 Å². The molecule has 2 aliphatic rings. The summed E-state index contributed by atoms with van der Waals surface area (Å²) in [7, 11) is 0. The molecule has 13 heteroatoms. The van der Waals surface area contributed by atoms with Gasteiger partial charge in [0.1, 0.15) is 0 Å². The molecule has 0 aromatic heterocycles. The molecule has 0 atom stereocenters. The topological polar surface area (TPSA) is 105 Å². The summed E-state index contributed by atoms with van der Waals surface area (Å²) in [6, 6.07) is 2.23. The van der Waals surface area contributed by atoms with Crippen LogP contribution >= 0.6 is 23.4 Å². The molecule has 0 saturated carbocycles. The summed E-state index contributed by atoms with van der Waals surface area (Å²) < 4.78 is 41.9. The zero-order chi connectivity index (χ0) is 20.4. The van der Waals surface area contributed by atoms with E-state index in [-0.39, 0.29) is 53.4 Å². The van der Waals surface area contributed by atoms with Crippen molar-refractivity contribution < 1.29 is 37.1 Å².